The molecule has 22 heavy (non-hydrogen) atoms. The molecule has 0 aliphatic rings. The van der Waals surface area contributed by atoms with E-state index in [1.807, 2.05) is 0 Å². The van der Waals surface area contributed by atoms with Crippen LogP contribution in [0.5, 0.6) is 0 Å². The number of aryl methyl sites for hydroxylation is 1. The molecule has 0 amide bonds. The molecule has 0 spiro atoms. The minimum Gasteiger partial charge on any atom is -0.237 e. The van der Waals surface area contributed by atoms with Crippen molar-refractivity contribution in [3.63, 3.8) is 0 Å². The number of imidazole rings is 1. The van der Waals surface area contributed by atoms with Crippen molar-refractivity contribution in [3.05, 3.63) is 18.2 Å². The largest absolute Gasteiger partial charge is 0.256 e. The minimum atomic E-state index is 0.573. The summed E-state index contributed by atoms with van der Waals surface area (Å²) in [6, 6.07) is 0.573. The maximum absolute atomic E-state index is 2.41. The molecule has 0 saturated heterocycles. The third kappa shape index (κ3) is 7.47. The number of unbranched alkanes of at least 4 members (excludes halogenated alkanes) is 10. The van der Waals surface area contributed by atoms with E-state index < -0.39 is 0 Å². The maximum Gasteiger partial charge on any atom is 0.256 e. The number of rotatable bonds is 13. The number of nitrogens with zero attached hydrogens (tertiary/aromatic N) is 2. The first kappa shape index (κ1) is 19.3. The van der Waals surface area contributed by atoms with E-state index in [4.69, 9.17) is 0 Å². The molecule has 128 valence electrons. The summed E-state index contributed by atoms with van der Waals surface area (Å²) in [7, 11) is 2.17. The molecule has 2 nitrogen and oxygen atoms in total. The normalized spacial score (nSPS) is 11.5. The van der Waals surface area contributed by atoms with Gasteiger partial charge in [-0.3, -0.25) is 0 Å². The molecule has 0 aromatic carbocycles. The highest BCUT2D eigenvalue weighted by molar-refractivity contribution is 4.86. The first-order valence-electron chi connectivity index (χ1n) is 9.72. The molecule has 0 radical (unpaired) electrons. The Labute approximate surface area is 138 Å². The third-order valence-corrected chi connectivity index (χ3v) is 4.72. The Morgan fingerprint density at radius 2 is 1.36 bits per heavy atom. The van der Waals surface area contributed by atoms with E-state index in [0.717, 1.165) is 0 Å². The van der Waals surface area contributed by atoms with Crippen LogP contribution in [0.15, 0.2) is 12.4 Å². The number of hydrogen-bond acceptors (Lipinski definition) is 0. The van der Waals surface area contributed by atoms with Crippen molar-refractivity contribution in [2.45, 2.75) is 104 Å². The molecule has 0 atom stereocenters. The fraction of sp³-hybridized carbons (Fsp3) is 0.850. The van der Waals surface area contributed by atoms with Gasteiger partial charge in [0.1, 0.15) is 12.4 Å². The van der Waals surface area contributed by atoms with Gasteiger partial charge in [0.05, 0.1) is 13.1 Å². The second kappa shape index (κ2) is 11.7. The Morgan fingerprint density at radius 1 is 0.864 bits per heavy atom. The molecular formula is C20H39N2+. The molecule has 0 N–H and O–H groups in total. The average molecular weight is 308 g/mol. The fourth-order valence-corrected chi connectivity index (χ4v) is 3.25. The van der Waals surface area contributed by atoms with Gasteiger partial charge in [-0.25, -0.2) is 9.13 Å². The van der Waals surface area contributed by atoms with Crippen LogP contribution >= 0.6 is 0 Å². The van der Waals surface area contributed by atoms with Crippen molar-refractivity contribution in [2.24, 2.45) is 7.05 Å². The van der Waals surface area contributed by atoms with E-state index in [2.05, 4.69) is 49.3 Å². The Balaban J connectivity index is 2.01. The summed E-state index contributed by atoms with van der Waals surface area (Å²) in [5, 5.41) is 0. The van der Waals surface area contributed by atoms with Crippen LogP contribution in [0.25, 0.3) is 0 Å². The summed E-state index contributed by atoms with van der Waals surface area (Å²) in [5.41, 5.74) is 0. The van der Waals surface area contributed by atoms with Gasteiger partial charge < -0.3 is 0 Å². The first-order valence-corrected chi connectivity index (χ1v) is 9.72. The molecule has 0 unspecified atom stereocenters. The van der Waals surface area contributed by atoms with E-state index in [-0.39, 0.29) is 0 Å². The van der Waals surface area contributed by atoms with Crippen molar-refractivity contribution in [3.8, 4) is 0 Å². The molecule has 0 aliphatic carbocycles. The lowest BCUT2D eigenvalue weighted by Crippen LogP contribution is -2.32. The Morgan fingerprint density at radius 3 is 1.86 bits per heavy atom. The standard InChI is InChI=1S/C20H39N2/c1-5-6-7-8-9-10-11-12-13-14-15-16-20-21(4)17-18-22(20)19(2)3/h17-19H,5-16H2,1-4H3/q+1. The topological polar surface area (TPSA) is 8.81 Å². The predicted octanol–water partition coefficient (Wildman–Crippen LogP) is 5.75. The molecule has 0 bridgehead atoms. The summed E-state index contributed by atoms with van der Waals surface area (Å²) < 4.78 is 4.70. The molecule has 0 fully saturated rings. The number of hydrogen-bond donors (Lipinski definition) is 0. The van der Waals surface area contributed by atoms with Gasteiger partial charge in [0.15, 0.2) is 0 Å². The van der Waals surface area contributed by atoms with Crippen LogP contribution < -0.4 is 4.57 Å². The van der Waals surface area contributed by atoms with E-state index in [1.165, 1.54) is 82.9 Å². The Kier molecular flexibility index (Phi) is 10.3. The summed E-state index contributed by atoms with van der Waals surface area (Å²) >= 11 is 0. The van der Waals surface area contributed by atoms with Crippen molar-refractivity contribution in [1.82, 2.24) is 4.57 Å². The van der Waals surface area contributed by atoms with Crippen molar-refractivity contribution < 1.29 is 4.57 Å². The van der Waals surface area contributed by atoms with E-state index in [9.17, 15) is 0 Å². The van der Waals surface area contributed by atoms with E-state index >= 15 is 0 Å². The SMILES string of the molecule is CCCCCCCCCCCCCc1n(C(C)C)cc[n+]1C. The zero-order valence-corrected chi connectivity index (χ0v) is 15.6. The zero-order chi connectivity index (χ0) is 16.2. The van der Waals surface area contributed by atoms with Crippen LogP contribution in [-0.2, 0) is 13.5 Å². The zero-order valence-electron chi connectivity index (χ0n) is 15.6. The van der Waals surface area contributed by atoms with Crippen LogP contribution in [-0.4, -0.2) is 4.57 Å². The highest BCUT2D eigenvalue weighted by Gasteiger charge is 2.15. The monoisotopic (exact) mass is 307 g/mol. The lowest BCUT2D eigenvalue weighted by Gasteiger charge is -2.06. The van der Waals surface area contributed by atoms with Crippen LogP contribution in [0.1, 0.15) is 103 Å². The minimum absolute atomic E-state index is 0.573. The van der Waals surface area contributed by atoms with Crippen LogP contribution in [0, 0.1) is 0 Å². The van der Waals surface area contributed by atoms with Crippen molar-refractivity contribution in [2.75, 3.05) is 0 Å². The first-order chi connectivity index (χ1) is 10.7. The molecule has 1 rings (SSSR count). The molecule has 1 aromatic rings. The molecule has 0 saturated carbocycles. The van der Waals surface area contributed by atoms with Gasteiger partial charge in [-0.1, -0.05) is 71.1 Å². The third-order valence-electron chi connectivity index (χ3n) is 4.72. The van der Waals surface area contributed by atoms with Crippen LogP contribution in [0.2, 0.25) is 0 Å². The van der Waals surface area contributed by atoms with Gasteiger partial charge in [0.25, 0.3) is 5.82 Å². The maximum atomic E-state index is 2.41. The Bertz CT molecular complexity index is 379. The Hall–Kier alpha value is -0.790. The van der Waals surface area contributed by atoms with Gasteiger partial charge in [-0.05, 0) is 20.3 Å². The van der Waals surface area contributed by atoms with Crippen LogP contribution in [0.4, 0.5) is 0 Å². The van der Waals surface area contributed by atoms with Crippen molar-refractivity contribution in [1.29, 1.82) is 0 Å². The van der Waals surface area contributed by atoms with E-state index in [0.29, 0.717) is 6.04 Å². The average Bonchev–Trinajstić information content (AvgIpc) is 2.86. The highest BCUT2D eigenvalue weighted by Crippen LogP contribution is 2.13. The van der Waals surface area contributed by atoms with Gasteiger partial charge in [-0.15, -0.1) is 0 Å². The smallest absolute Gasteiger partial charge is 0.237 e. The molecule has 1 aromatic heterocycles. The lowest BCUT2D eigenvalue weighted by molar-refractivity contribution is -0.679. The number of aromatic nitrogens is 2. The van der Waals surface area contributed by atoms with Gasteiger partial charge in [-0.2, -0.15) is 0 Å². The molecule has 2 heteroatoms. The summed E-state index contributed by atoms with van der Waals surface area (Å²) in [6.45, 7) is 6.83. The van der Waals surface area contributed by atoms with Crippen LogP contribution in [0.3, 0.4) is 0 Å². The van der Waals surface area contributed by atoms with E-state index in [1.54, 1.807) is 0 Å². The fourth-order valence-electron chi connectivity index (χ4n) is 3.25. The van der Waals surface area contributed by atoms with Crippen molar-refractivity contribution >= 4 is 0 Å². The molecule has 1 heterocycles. The molecule has 0 aliphatic heterocycles. The summed E-state index contributed by atoms with van der Waals surface area (Å²) in [4.78, 5) is 0. The summed E-state index contributed by atoms with van der Waals surface area (Å²) in [6.07, 6.45) is 21.2. The predicted molar refractivity (Wildman–Crippen MR) is 96.2 cm³/mol. The van der Waals surface area contributed by atoms with Gasteiger partial charge >= 0.3 is 0 Å². The van der Waals surface area contributed by atoms with Gasteiger partial charge in [0, 0.05) is 6.42 Å². The van der Waals surface area contributed by atoms with Gasteiger partial charge in [0.2, 0.25) is 0 Å². The quantitative estimate of drug-likeness (QED) is 0.324. The lowest BCUT2D eigenvalue weighted by atomic mass is 10.1. The second-order valence-electron chi connectivity index (χ2n) is 7.11. The second-order valence-corrected chi connectivity index (χ2v) is 7.11. The summed E-state index contributed by atoms with van der Waals surface area (Å²) in [5.74, 6) is 1.48. The molecular weight excluding hydrogens is 268 g/mol. The highest BCUT2D eigenvalue weighted by atomic mass is 15.1.